The number of rotatable bonds is 5. The van der Waals surface area contributed by atoms with Crippen LogP contribution in [0.4, 0.5) is 0 Å². The Bertz CT molecular complexity index is 944. The van der Waals surface area contributed by atoms with Crippen LogP contribution in [0.15, 0.2) is 23.1 Å². The molecule has 0 unspecified atom stereocenters. The first kappa shape index (κ1) is 21.8. The summed E-state index contributed by atoms with van der Waals surface area (Å²) in [6.07, 6.45) is -0.138. The Morgan fingerprint density at radius 3 is 2.52 bits per heavy atom. The maximum absolute atomic E-state index is 13.2. The molecule has 1 aromatic carbocycles. The fraction of sp³-hybridized carbons (Fsp3) is 0.600. The number of hydrogen-bond acceptors (Lipinski definition) is 8. The highest BCUT2D eigenvalue weighted by atomic mass is 32.2. The van der Waals surface area contributed by atoms with Gasteiger partial charge < -0.3 is 23.8 Å². The number of esters is 1. The van der Waals surface area contributed by atoms with E-state index < -0.39 is 28.1 Å². The molecule has 3 heterocycles. The highest BCUT2D eigenvalue weighted by Crippen LogP contribution is 2.35. The minimum absolute atomic E-state index is 0.0221. The van der Waals surface area contributed by atoms with Crippen molar-refractivity contribution in [3.05, 3.63) is 18.2 Å². The van der Waals surface area contributed by atoms with Crippen LogP contribution in [0.1, 0.15) is 19.8 Å². The summed E-state index contributed by atoms with van der Waals surface area (Å²) in [5.41, 5.74) is 0. The number of ether oxygens (including phenoxy) is 4. The summed E-state index contributed by atoms with van der Waals surface area (Å²) in [5.74, 6) is -0.183. The fourth-order valence-electron chi connectivity index (χ4n) is 3.93. The molecule has 0 bridgehead atoms. The Labute approximate surface area is 181 Å². The lowest BCUT2D eigenvalue weighted by molar-refractivity contribution is -0.163. The van der Waals surface area contributed by atoms with E-state index in [4.69, 9.17) is 18.9 Å². The molecule has 4 rings (SSSR count). The van der Waals surface area contributed by atoms with E-state index in [1.165, 1.54) is 19.1 Å². The molecule has 3 aliphatic heterocycles. The molecule has 1 amide bonds. The SMILES string of the molecule is C[C@H](OC(=O)[C@H]1CCCN1S(=O)(=O)c1ccc2c(c1)OCCO2)C(=O)N1CCOCC1. The Hall–Kier alpha value is -2.37. The lowest BCUT2D eigenvalue weighted by atomic mass is 10.2. The monoisotopic (exact) mass is 454 g/mol. The van der Waals surface area contributed by atoms with Crippen LogP contribution in [0.3, 0.4) is 0 Å². The van der Waals surface area contributed by atoms with Crippen LogP contribution in [0.2, 0.25) is 0 Å². The second kappa shape index (κ2) is 9.01. The number of nitrogens with zero attached hydrogens (tertiary/aromatic N) is 2. The maximum Gasteiger partial charge on any atom is 0.325 e. The van der Waals surface area contributed by atoms with Gasteiger partial charge in [0, 0.05) is 25.7 Å². The Balaban J connectivity index is 1.46. The number of carbonyl (C=O) groups excluding carboxylic acids is 2. The predicted molar refractivity (Wildman–Crippen MR) is 107 cm³/mol. The smallest absolute Gasteiger partial charge is 0.325 e. The molecule has 0 N–H and O–H groups in total. The molecule has 170 valence electrons. The number of sulfonamides is 1. The van der Waals surface area contributed by atoms with Crippen molar-refractivity contribution in [1.29, 1.82) is 0 Å². The molecule has 0 saturated carbocycles. The third-order valence-corrected chi connectivity index (χ3v) is 7.46. The lowest BCUT2D eigenvalue weighted by Crippen LogP contribution is -2.48. The second-order valence-corrected chi connectivity index (χ2v) is 9.49. The van der Waals surface area contributed by atoms with Crippen LogP contribution in [-0.2, 0) is 29.1 Å². The van der Waals surface area contributed by atoms with Gasteiger partial charge in [0.25, 0.3) is 5.91 Å². The van der Waals surface area contributed by atoms with Crippen molar-refractivity contribution >= 4 is 21.9 Å². The summed E-state index contributed by atoms with van der Waals surface area (Å²) in [6, 6.07) is 3.43. The van der Waals surface area contributed by atoms with Gasteiger partial charge in [0.15, 0.2) is 17.6 Å². The van der Waals surface area contributed by atoms with Crippen molar-refractivity contribution in [1.82, 2.24) is 9.21 Å². The van der Waals surface area contributed by atoms with Gasteiger partial charge in [0.2, 0.25) is 10.0 Å². The molecule has 0 spiro atoms. The molecular weight excluding hydrogens is 428 g/mol. The van der Waals surface area contributed by atoms with Crippen LogP contribution in [0.5, 0.6) is 11.5 Å². The first-order chi connectivity index (χ1) is 14.9. The molecule has 0 aromatic heterocycles. The van der Waals surface area contributed by atoms with E-state index in [1.54, 1.807) is 11.0 Å². The second-order valence-electron chi connectivity index (χ2n) is 7.60. The van der Waals surface area contributed by atoms with Crippen molar-refractivity contribution < 1.29 is 37.0 Å². The van der Waals surface area contributed by atoms with Gasteiger partial charge in [0.05, 0.1) is 18.1 Å². The minimum Gasteiger partial charge on any atom is -0.486 e. The third kappa shape index (κ3) is 4.48. The largest absolute Gasteiger partial charge is 0.486 e. The van der Waals surface area contributed by atoms with Gasteiger partial charge in [-0.25, -0.2) is 8.42 Å². The average molecular weight is 455 g/mol. The molecule has 3 aliphatic rings. The van der Waals surface area contributed by atoms with Gasteiger partial charge >= 0.3 is 5.97 Å². The Morgan fingerprint density at radius 2 is 1.77 bits per heavy atom. The van der Waals surface area contributed by atoms with Crippen molar-refractivity contribution in [2.75, 3.05) is 46.1 Å². The highest BCUT2D eigenvalue weighted by molar-refractivity contribution is 7.89. The molecule has 10 nitrogen and oxygen atoms in total. The average Bonchev–Trinajstić information content (AvgIpc) is 3.30. The summed E-state index contributed by atoms with van der Waals surface area (Å²) in [4.78, 5) is 26.9. The van der Waals surface area contributed by atoms with Crippen molar-refractivity contribution in [3.8, 4) is 11.5 Å². The number of benzene rings is 1. The van der Waals surface area contributed by atoms with E-state index in [0.717, 1.165) is 4.31 Å². The molecule has 11 heteroatoms. The fourth-order valence-corrected chi connectivity index (χ4v) is 5.59. The number of morpholine rings is 1. The van der Waals surface area contributed by atoms with Crippen molar-refractivity contribution in [3.63, 3.8) is 0 Å². The van der Waals surface area contributed by atoms with E-state index in [9.17, 15) is 18.0 Å². The zero-order chi connectivity index (χ0) is 22.0. The molecular formula is C20H26N2O8S. The van der Waals surface area contributed by atoms with Crippen LogP contribution in [0.25, 0.3) is 0 Å². The Kier molecular flexibility index (Phi) is 6.35. The molecule has 0 radical (unpaired) electrons. The van der Waals surface area contributed by atoms with E-state index in [0.29, 0.717) is 63.9 Å². The number of fused-ring (bicyclic) bond motifs is 1. The maximum atomic E-state index is 13.2. The van der Waals surface area contributed by atoms with Gasteiger partial charge in [-0.2, -0.15) is 4.31 Å². The Morgan fingerprint density at radius 1 is 1.06 bits per heavy atom. The van der Waals surface area contributed by atoms with Gasteiger partial charge in [-0.15, -0.1) is 0 Å². The molecule has 2 atom stereocenters. The predicted octanol–water partition coefficient (Wildman–Crippen LogP) is 0.401. The van der Waals surface area contributed by atoms with E-state index in [-0.39, 0.29) is 17.3 Å². The van der Waals surface area contributed by atoms with Crippen LogP contribution >= 0.6 is 0 Å². The van der Waals surface area contributed by atoms with Gasteiger partial charge in [-0.3, -0.25) is 9.59 Å². The number of hydrogen-bond donors (Lipinski definition) is 0. The first-order valence-electron chi connectivity index (χ1n) is 10.4. The molecule has 31 heavy (non-hydrogen) atoms. The summed E-state index contributed by atoms with van der Waals surface area (Å²) in [5, 5.41) is 0. The molecule has 1 aromatic rings. The normalized spacial score (nSPS) is 22.7. The summed E-state index contributed by atoms with van der Waals surface area (Å²) in [7, 11) is -3.96. The standard InChI is InChI=1S/C20H26N2O8S/c1-14(19(23)21-7-9-27-10-8-21)30-20(24)16-3-2-6-22(16)31(25,26)15-4-5-17-18(13-15)29-12-11-28-17/h4-5,13-14,16H,2-3,6-12H2,1H3/t14-,16+/m0/s1. The zero-order valence-electron chi connectivity index (χ0n) is 17.3. The highest BCUT2D eigenvalue weighted by Gasteiger charge is 2.42. The van der Waals surface area contributed by atoms with Crippen LogP contribution < -0.4 is 9.47 Å². The third-order valence-electron chi connectivity index (χ3n) is 5.56. The van der Waals surface area contributed by atoms with Crippen molar-refractivity contribution in [2.24, 2.45) is 0 Å². The zero-order valence-corrected chi connectivity index (χ0v) is 18.1. The summed E-state index contributed by atoms with van der Waals surface area (Å²) < 4.78 is 49.1. The summed E-state index contributed by atoms with van der Waals surface area (Å²) >= 11 is 0. The molecule has 0 aliphatic carbocycles. The van der Waals surface area contributed by atoms with Crippen LogP contribution in [0, 0.1) is 0 Å². The van der Waals surface area contributed by atoms with Gasteiger partial charge in [-0.1, -0.05) is 0 Å². The first-order valence-corrected chi connectivity index (χ1v) is 11.8. The molecule has 2 fully saturated rings. The number of carbonyl (C=O) groups is 2. The topological polar surface area (TPSA) is 112 Å². The van der Waals surface area contributed by atoms with E-state index in [1.807, 2.05) is 0 Å². The molecule has 2 saturated heterocycles. The van der Waals surface area contributed by atoms with Crippen LogP contribution in [-0.4, -0.2) is 87.7 Å². The van der Waals surface area contributed by atoms with E-state index >= 15 is 0 Å². The van der Waals surface area contributed by atoms with Gasteiger partial charge in [-0.05, 0) is 31.9 Å². The number of amides is 1. The summed E-state index contributed by atoms with van der Waals surface area (Å²) in [6.45, 7) is 4.20. The lowest BCUT2D eigenvalue weighted by Gasteiger charge is -2.30. The minimum atomic E-state index is -3.96. The van der Waals surface area contributed by atoms with E-state index in [2.05, 4.69) is 0 Å². The van der Waals surface area contributed by atoms with Crippen molar-refractivity contribution in [2.45, 2.75) is 36.8 Å². The quantitative estimate of drug-likeness (QED) is 0.588. The van der Waals surface area contributed by atoms with Gasteiger partial charge in [0.1, 0.15) is 19.3 Å².